The summed E-state index contributed by atoms with van der Waals surface area (Å²) in [5.41, 5.74) is 1.81. The Morgan fingerprint density at radius 3 is 2.68 bits per heavy atom. The molecule has 0 saturated carbocycles. The van der Waals surface area contributed by atoms with E-state index in [9.17, 15) is 15.0 Å². The fourth-order valence-electron chi connectivity index (χ4n) is 8.19. The molecule has 3 saturated heterocycles. The zero-order valence-corrected chi connectivity index (χ0v) is 30.3. The summed E-state index contributed by atoms with van der Waals surface area (Å²) >= 11 is 1.65. The molecular weight excluding hydrogens is 616 g/mol. The normalized spacial score (nSPS) is 44.6. The molecule has 0 radical (unpaired) electrons. The number of aliphatic hydroxyl groups is 2. The van der Waals surface area contributed by atoms with Crippen molar-refractivity contribution in [2.75, 3.05) is 18.8 Å². The first kappa shape index (κ1) is 36.6. The largest absolute Gasteiger partial charge is 0.462 e. The second-order valence-electron chi connectivity index (χ2n) is 15.0. The van der Waals surface area contributed by atoms with Crippen molar-refractivity contribution in [3.8, 4) is 0 Å². The van der Waals surface area contributed by atoms with Gasteiger partial charge in [-0.05, 0) is 68.4 Å². The van der Waals surface area contributed by atoms with Crippen LogP contribution in [0, 0.1) is 23.7 Å². The maximum Gasteiger partial charge on any atom is 0.316 e. The number of thioether (sulfide) groups is 1. The van der Waals surface area contributed by atoms with Gasteiger partial charge in [-0.15, -0.1) is 11.8 Å². The van der Waals surface area contributed by atoms with E-state index in [-0.39, 0.29) is 36.8 Å². The minimum atomic E-state index is -1.73. The van der Waals surface area contributed by atoms with Gasteiger partial charge in [0.05, 0.1) is 30.9 Å². The third-order valence-electron chi connectivity index (χ3n) is 10.5. The number of carbonyl (C=O) groups is 1. The van der Waals surface area contributed by atoms with E-state index in [4.69, 9.17) is 23.7 Å². The van der Waals surface area contributed by atoms with Crippen LogP contribution in [0.25, 0.3) is 0 Å². The number of hydrogen-bond acceptors (Lipinski definition) is 9. The summed E-state index contributed by atoms with van der Waals surface area (Å²) in [6, 6.07) is 0. The number of hydrogen-bond donors (Lipinski definition) is 2. The monoisotopic (exact) mass is 672 g/mol. The van der Waals surface area contributed by atoms with Crippen LogP contribution in [0.3, 0.4) is 0 Å². The standard InChI is InChI=1S/C38H56O8S/c1-22(2)14-26(6)34-27(7)32(43-21-47-8)19-37(46-34)18-30-17-29(45-37)13-12-24(4)15-23(3)10-9-11-28-20-42-35-33(39)25(5)16-31(36(40)44-30)38(28,35)41/h9-12,14,16,22-23,27,29-35,39,41H,13,15,17-21H2,1-8H3/b10-9+,24-12+,26-14+,28-11+/t23-,27-,29+,30-,31-,32-,33+,34+,35+,37-,38+/m0/s1. The lowest BCUT2D eigenvalue weighted by Gasteiger charge is -2.52. The van der Waals surface area contributed by atoms with Crippen molar-refractivity contribution in [1.82, 2.24) is 0 Å². The fraction of sp³-hybridized carbons (Fsp3) is 0.711. The van der Waals surface area contributed by atoms with Gasteiger partial charge in [0.1, 0.15) is 29.8 Å². The van der Waals surface area contributed by atoms with E-state index in [2.05, 4.69) is 59.8 Å². The molecule has 262 valence electrons. The van der Waals surface area contributed by atoms with E-state index < -0.39 is 41.6 Å². The Balaban J connectivity index is 1.54. The Hall–Kier alpha value is -1.72. The maximum atomic E-state index is 14.2. The van der Waals surface area contributed by atoms with Gasteiger partial charge < -0.3 is 33.9 Å². The van der Waals surface area contributed by atoms with Crippen molar-refractivity contribution in [2.24, 2.45) is 23.7 Å². The van der Waals surface area contributed by atoms with Gasteiger partial charge in [0.2, 0.25) is 0 Å². The first-order chi connectivity index (χ1) is 22.3. The zero-order valence-electron chi connectivity index (χ0n) is 29.4. The van der Waals surface area contributed by atoms with Crippen molar-refractivity contribution >= 4 is 17.7 Å². The summed E-state index contributed by atoms with van der Waals surface area (Å²) in [4.78, 5) is 14.2. The Kier molecular flexibility index (Phi) is 11.7. The molecule has 4 heterocycles. The van der Waals surface area contributed by atoms with Crippen molar-refractivity contribution in [1.29, 1.82) is 0 Å². The van der Waals surface area contributed by atoms with Gasteiger partial charge in [-0.3, -0.25) is 4.79 Å². The smallest absolute Gasteiger partial charge is 0.316 e. The third-order valence-corrected chi connectivity index (χ3v) is 10.9. The number of carbonyl (C=O) groups excluding carboxylic acids is 1. The Morgan fingerprint density at radius 1 is 1.19 bits per heavy atom. The Bertz CT molecular complexity index is 1300. The van der Waals surface area contributed by atoms with Gasteiger partial charge >= 0.3 is 5.97 Å². The molecule has 0 aromatic rings. The predicted molar refractivity (Wildman–Crippen MR) is 185 cm³/mol. The van der Waals surface area contributed by atoms with Gasteiger partial charge in [0, 0.05) is 25.2 Å². The molecular formula is C38H56O8S. The predicted octanol–water partition coefficient (Wildman–Crippen LogP) is 6.43. The van der Waals surface area contributed by atoms with Crippen molar-refractivity contribution in [3.63, 3.8) is 0 Å². The van der Waals surface area contributed by atoms with E-state index in [1.165, 1.54) is 5.57 Å². The molecule has 3 fully saturated rings. The number of ether oxygens (including phenoxy) is 5. The molecule has 8 nitrogen and oxygen atoms in total. The summed E-state index contributed by atoms with van der Waals surface area (Å²) in [5.74, 6) is -1.30. The first-order valence-electron chi connectivity index (χ1n) is 17.3. The molecule has 2 bridgehead atoms. The van der Waals surface area contributed by atoms with Gasteiger partial charge in [0.15, 0.2) is 5.79 Å². The lowest BCUT2D eigenvalue weighted by atomic mass is 9.71. The maximum absolute atomic E-state index is 14.2. The number of allylic oxidation sites excluding steroid dienone is 5. The highest BCUT2D eigenvalue weighted by Crippen LogP contribution is 2.48. The highest BCUT2D eigenvalue weighted by molar-refractivity contribution is 7.98. The van der Waals surface area contributed by atoms with Crippen LogP contribution in [0.2, 0.25) is 0 Å². The van der Waals surface area contributed by atoms with E-state index >= 15 is 0 Å². The lowest BCUT2D eigenvalue weighted by molar-refractivity contribution is -0.344. The summed E-state index contributed by atoms with van der Waals surface area (Å²) in [5, 5.41) is 23.2. The molecule has 5 aliphatic rings. The van der Waals surface area contributed by atoms with Crippen LogP contribution in [0.15, 0.2) is 58.7 Å². The summed E-state index contributed by atoms with van der Waals surface area (Å²) in [6.45, 7) is 14.8. The molecule has 47 heavy (non-hydrogen) atoms. The van der Waals surface area contributed by atoms with Crippen molar-refractivity contribution in [2.45, 2.75) is 129 Å². The highest BCUT2D eigenvalue weighted by atomic mass is 32.2. The van der Waals surface area contributed by atoms with E-state index in [0.29, 0.717) is 48.7 Å². The molecule has 1 spiro atoms. The van der Waals surface area contributed by atoms with E-state index in [1.54, 1.807) is 24.8 Å². The van der Waals surface area contributed by atoms with Gasteiger partial charge in [0.25, 0.3) is 0 Å². The van der Waals surface area contributed by atoms with Crippen LogP contribution in [-0.4, -0.2) is 83.0 Å². The van der Waals surface area contributed by atoms with Gasteiger partial charge in [-0.1, -0.05) is 69.7 Å². The number of aliphatic hydroxyl groups excluding tert-OH is 1. The molecule has 0 unspecified atom stereocenters. The molecule has 0 aromatic heterocycles. The molecule has 4 aliphatic heterocycles. The topological polar surface area (TPSA) is 104 Å². The molecule has 5 rings (SSSR count). The molecule has 9 heteroatoms. The van der Waals surface area contributed by atoms with E-state index in [1.807, 2.05) is 18.4 Å². The number of esters is 1. The van der Waals surface area contributed by atoms with Crippen molar-refractivity contribution in [3.05, 3.63) is 58.7 Å². The van der Waals surface area contributed by atoms with Crippen LogP contribution in [0.5, 0.6) is 0 Å². The quantitative estimate of drug-likeness (QED) is 0.194. The lowest BCUT2D eigenvalue weighted by Crippen LogP contribution is -2.59. The van der Waals surface area contributed by atoms with Crippen molar-refractivity contribution < 1.29 is 38.7 Å². The molecule has 1 aliphatic carbocycles. The first-order valence-corrected chi connectivity index (χ1v) is 18.7. The average molecular weight is 673 g/mol. The van der Waals surface area contributed by atoms with Gasteiger partial charge in [-0.2, -0.15) is 0 Å². The third kappa shape index (κ3) is 7.87. The molecule has 2 N–H and O–H groups in total. The second kappa shape index (κ2) is 15.0. The fourth-order valence-corrected chi connectivity index (χ4v) is 8.51. The molecule has 11 atom stereocenters. The highest BCUT2D eigenvalue weighted by Gasteiger charge is 2.60. The minimum Gasteiger partial charge on any atom is -0.462 e. The SMILES string of the molecule is CSCO[C@H]1C[C@]2(C[C@@H]3C[C@@H](C/C=C(\C)C[C@@H](C)/C=C/C=C4\CO[C@@H]5[C@H](O)C(C)=C[C@@H](C(=O)O3)[C@]45O)O2)O[C@H](/C(C)=C/C(C)C)[C@H]1C. The molecule has 0 aromatic carbocycles. The second-order valence-corrected chi connectivity index (χ2v) is 15.8. The number of fused-ring (bicyclic) bond motifs is 2. The summed E-state index contributed by atoms with van der Waals surface area (Å²) < 4.78 is 32.7. The Morgan fingerprint density at radius 2 is 1.96 bits per heavy atom. The zero-order chi connectivity index (χ0) is 34.1. The van der Waals surface area contributed by atoms with Crippen LogP contribution in [0.4, 0.5) is 0 Å². The van der Waals surface area contributed by atoms with Crippen LogP contribution < -0.4 is 0 Å². The summed E-state index contributed by atoms with van der Waals surface area (Å²) in [7, 11) is 0. The molecule has 0 amide bonds. The van der Waals surface area contributed by atoms with Crippen LogP contribution >= 0.6 is 11.8 Å². The number of rotatable bonds is 5. The minimum absolute atomic E-state index is 0.107. The van der Waals surface area contributed by atoms with Gasteiger partial charge in [-0.25, -0.2) is 0 Å². The Labute approximate surface area is 285 Å². The van der Waals surface area contributed by atoms with Crippen LogP contribution in [-0.2, 0) is 28.5 Å². The average Bonchev–Trinajstić information content (AvgIpc) is 3.34. The van der Waals surface area contributed by atoms with Crippen LogP contribution in [0.1, 0.15) is 80.6 Å². The van der Waals surface area contributed by atoms with E-state index in [0.717, 1.165) is 12.0 Å². The summed E-state index contributed by atoms with van der Waals surface area (Å²) in [6.07, 6.45) is 13.9.